The van der Waals surface area contributed by atoms with Crippen LogP contribution in [0.5, 0.6) is 0 Å². The number of allylic oxidation sites excluding steroid dienone is 12. The molecule has 2 atom stereocenters. The number of quaternary nitrogens is 1. The second-order valence-electron chi connectivity index (χ2n) is 16.4. The summed E-state index contributed by atoms with van der Waals surface area (Å²) in [6, 6.07) is 0. The van der Waals surface area contributed by atoms with Gasteiger partial charge in [0.15, 0.2) is 6.10 Å². The first-order valence-corrected chi connectivity index (χ1v) is 24.7. The lowest BCUT2D eigenvalue weighted by Crippen LogP contribution is -2.37. The van der Waals surface area contributed by atoms with Crippen LogP contribution in [0.3, 0.4) is 0 Å². The predicted octanol–water partition coefficient (Wildman–Crippen LogP) is 13.4. The van der Waals surface area contributed by atoms with E-state index in [4.69, 9.17) is 18.5 Å². The molecule has 2 unspecified atom stereocenters. The van der Waals surface area contributed by atoms with Gasteiger partial charge >= 0.3 is 19.8 Å². The SMILES string of the molecule is CC/C=C\C/C=C\C/C=C\C/C=C\C/C=C\C/C=C\CCC(=O)OC(COC(=O)CCCCCCCCCCCCCCCCCC)COP(=O)(O)OCC[N+](C)(C)C. The Balaban J connectivity index is 4.46. The Bertz CT molecular complexity index is 1230. The summed E-state index contributed by atoms with van der Waals surface area (Å²) in [5.74, 6) is -0.897. The Hall–Kier alpha value is -2.55. The zero-order valence-electron chi connectivity index (χ0n) is 38.2. The van der Waals surface area contributed by atoms with E-state index in [1.165, 1.54) is 83.5 Å². The maximum absolute atomic E-state index is 12.7. The van der Waals surface area contributed by atoms with Crippen LogP contribution >= 0.6 is 7.82 Å². The van der Waals surface area contributed by atoms with Gasteiger partial charge in [-0.25, -0.2) is 4.57 Å². The Morgan fingerprint density at radius 3 is 1.41 bits per heavy atom. The number of carbonyl (C=O) groups is 2. The fraction of sp³-hybridized carbons (Fsp3) is 0.714. The van der Waals surface area contributed by atoms with E-state index in [0.29, 0.717) is 17.4 Å². The van der Waals surface area contributed by atoms with E-state index in [-0.39, 0.29) is 32.0 Å². The van der Waals surface area contributed by atoms with E-state index in [1.807, 2.05) is 33.3 Å². The molecule has 0 aliphatic carbocycles. The summed E-state index contributed by atoms with van der Waals surface area (Å²) in [6.45, 7) is 4.22. The van der Waals surface area contributed by atoms with Gasteiger partial charge in [0, 0.05) is 12.8 Å². The summed E-state index contributed by atoms with van der Waals surface area (Å²) in [5, 5.41) is 0. The van der Waals surface area contributed by atoms with E-state index in [1.54, 1.807) is 0 Å². The summed E-state index contributed by atoms with van der Waals surface area (Å²) >= 11 is 0. The number of phosphoric ester groups is 1. The minimum absolute atomic E-state index is 0.0159. The molecule has 0 saturated heterocycles. The number of hydrogen-bond donors (Lipinski definition) is 1. The number of likely N-dealkylation sites (N-methyl/N-ethyl adjacent to an activating group) is 1. The number of nitrogens with zero attached hydrogens (tertiary/aromatic N) is 1. The van der Waals surface area contributed by atoms with Gasteiger partial charge in [-0.1, -0.05) is 183 Å². The monoisotopic (exact) mass is 849 g/mol. The third-order valence-electron chi connectivity index (χ3n) is 9.51. The van der Waals surface area contributed by atoms with Crippen molar-refractivity contribution in [1.82, 2.24) is 0 Å². The highest BCUT2D eigenvalue weighted by Crippen LogP contribution is 2.43. The number of carbonyl (C=O) groups excluding carboxylic acids is 2. The maximum atomic E-state index is 12.7. The average Bonchev–Trinajstić information content (AvgIpc) is 3.19. The molecule has 0 radical (unpaired) electrons. The molecular weight excluding hydrogens is 762 g/mol. The van der Waals surface area contributed by atoms with Crippen molar-refractivity contribution >= 4 is 19.8 Å². The highest BCUT2D eigenvalue weighted by atomic mass is 31.2. The third-order valence-corrected chi connectivity index (χ3v) is 10.5. The molecule has 9 nitrogen and oxygen atoms in total. The van der Waals surface area contributed by atoms with Crippen LogP contribution in [-0.2, 0) is 32.7 Å². The summed E-state index contributed by atoms with van der Waals surface area (Å²) < 4.78 is 34.3. The summed E-state index contributed by atoms with van der Waals surface area (Å²) in [5.41, 5.74) is 0. The summed E-state index contributed by atoms with van der Waals surface area (Å²) in [4.78, 5) is 35.4. The van der Waals surface area contributed by atoms with Crippen molar-refractivity contribution < 1.29 is 42.1 Å². The Morgan fingerprint density at radius 1 is 0.542 bits per heavy atom. The van der Waals surface area contributed by atoms with Gasteiger partial charge in [0.25, 0.3) is 0 Å². The van der Waals surface area contributed by atoms with Crippen molar-refractivity contribution in [3.63, 3.8) is 0 Å². The van der Waals surface area contributed by atoms with Crippen LogP contribution in [0.25, 0.3) is 0 Å². The topological polar surface area (TPSA) is 108 Å². The number of hydrogen-bond acceptors (Lipinski definition) is 7. The van der Waals surface area contributed by atoms with Gasteiger partial charge in [-0.3, -0.25) is 18.6 Å². The zero-order valence-corrected chi connectivity index (χ0v) is 39.1. The normalized spacial score (nSPS) is 14.2. The second-order valence-corrected chi connectivity index (χ2v) is 17.9. The van der Waals surface area contributed by atoms with Crippen LogP contribution in [0.4, 0.5) is 0 Å². The molecule has 340 valence electrons. The number of phosphoric acid groups is 1. The smallest absolute Gasteiger partial charge is 0.462 e. The first-order chi connectivity index (χ1) is 28.5. The van der Waals surface area contributed by atoms with E-state index < -0.39 is 26.5 Å². The lowest BCUT2D eigenvalue weighted by atomic mass is 10.0. The van der Waals surface area contributed by atoms with Gasteiger partial charge < -0.3 is 18.9 Å². The van der Waals surface area contributed by atoms with E-state index in [0.717, 1.165) is 57.8 Å². The van der Waals surface area contributed by atoms with Crippen molar-refractivity contribution in [3.8, 4) is 0 Å². The van der Waals surface area contributed by atoms with Crippen molar-refractivity contribution in [3.05, 3.63) is 72.9 Å². The molecule has 0 heterocycles. The first kappa shape index (κ1) is 56.5. The van der Waals surface area contributed by atoms with E-state index >= 15 is 0 Å². The van der Waals surface area contributed by atoms with Crippen LogP contribution in [0.1, 0.15) is 174 Å². The Kier molecular flexibility index (Phi) is 39.1. The molecule has 0 spiro atoms. The fourth-order valence-electron chi connectivity index (χ4n) is 5.92. The largest absolute Gasteiger partial charge is 0.472 e. The summed E-state index contributed by atoms with van der Waals surface area (Å²) in [7, 11) is 1.42. The molecule has 0 saturated carbocycles. The highest BCUT2D eigenvalue weighted by molar-refractivity contribution is 7.47. The molecule has 0 aliphatic heterocycles. The van der Waals surface area contributed by atoms with Crippen LogP contribution < -0.4 is 0 Å². The molecule has 0 rings (SSSR count). The van der Waals surface area contributed by atoms with Crippen LogP contribution in [0.2, 0.25) is 0 Å². The molecule has 0 aromatic heterocycles. The molecule has 0 aromatic carbocycles. The number of ether oxygens (including phenoxy) is 2. The highest BCUT2D eigenvalue weighted by Gasteiger charge is 2.27. The maximum Gasteiger partial charge on any atom is 0.472 e. The predicted molar refractivity (Wildman–Crippen MR) is 247 cm³/mol. The number of esters is 2. The summed E-state index contributed by atoms with van der Waals surface area (Å²) in [6.07, 6.45) is 51.1. The molecule has 0 aliphatic rings. The van der Waals surface area contributed by atoms with Gasteiger partial charge in [0.05, 0.1) is 27.7 Å². The minimum Gasteiger partial charge on any atom is -0.462 e. The van der Waals surface area contributed by atoms with Gasteiger partial charge in [-0.15, -0.1) is 0 Å². The molecular formula is C49H87NO8P+. The molecule has 0 aromatic rings. The van der Waals surface area contributed by atoms with Gasteiger partial charge in [-0.2, -0.15) is 0 Å². The van der Waals surface area contributed by atoms with Gasteiger partial charge in [-0.05, 0) is 51.4 Å². The first-order valence-electron chi connectivity index (χ1n) is 23.2. The van der Waals surface area contributed by atoms with Gasteiger partial charge in [0.2, 0.25) is 0 Å². The lowest BCUT2D eigenvalue weighted by molar-refractivity contribution is -0.870. The molecule has 1 N–H and O–H groups in total. The molecule has 0 amide bonds. The van der Waals surface area contributed by atoms with E-state index in [9.17, 15) is 19.0 Å². The Labute approximate surface area is 361 Å². The zero-order chi connectivity index (χ0) is 43.6. The van der Waals surface area contributed by atoms with Crippen LogP contribution in [0, 0.1) is 0 Å². The third kappa shape index (κ3) is 44.8. The van der Waals surface area contributed by atoms with Gasteiger partial charge in [0.1, 0.15) is 19.8 Å². The Morgan fingerprint density at radius 2 is 0.966 bits per heavy atom. The van der Waals surface area contributed by atoms with Crippen LogP contribution in [-0.4, -0.2) is 74.9 Å². The van der Waals surface area contributed by atoms with Crippen molar-refractivity contribution in [2.24, 2.45) is 0 Å². The van der Waals surface area contributed by atoms with E-state index in [2.05, 4.69) is 74.6 Å². The minimum atomic E-state index is -4.40. The molecule has 0 bridgehead atoms. The standard InChI is InChI=1S/C49H86NO8P/c1-6-8-10-12-14-16-18-20-22-24-25-26-28-30-32-34-36-38-40-42-49(52)58-47(46-57-59(53,54)56-44-43-50(3,4)5)45-55-48(51)41-39-37-35-33-31-29-27-23-21-19-17-15-13-11-9-7-2/h8,10,14,16,20,22,25-26,30,32,36,38,47H,6-7,9,11-13,15,17-19,21,23-24,27-29,31,33-35,37,39-46H2,1-5H3/p+1/b10-8-,16-14-,22-20-,26-25-,32-30-,38-36-. The quantitative estimate of drug-likeness (QED) is 0.0213. The fourth-order valence-corrected chi connectivity index (χ4v) is 6.66. The molecule has 10 heteroatoms. The van der Waals surface area contributed by atoms with Crippen molar-refractivity contribution in [2.45, 2.75) is 180 Å². The van der Waals surface area contributed by atoms with Crippen molar-refractivity contribution in [1.29, 1.82) is 0 Å². The number of rotatable bonds is 41. The second kappa shape index (κ2) is 40.8. The molecule has 0 fully saturated rings. The molecule has 59 heavy (non-hydrogen) atoms. The number of unbranched alkanes of at least 4 members (excludes halogenated alkanes) is 15. The lowest BCUT2D eigenvalue weighted by Gasteiger charge is -2.24. The van der Waals surface area contributed by atoms with Crippen molar-refractivity contribution in [2.75, 3.05) is 47.5 Å². The van der Waals surface area contributed by atoms with Crippen LogP contribution in [0.15, 0.2) is 72.9 Å². The average molecular weight is 849 g/mol.